The van der Waals surface area contributed by atoms with E-state index in [1.54, 1.807) is 6.20 Å². The maximum atomic E-state index is 4.09. The quantitative estimate of drug-likeness (QED) is 0.795. The van der Waals surface area contributed by atoms with E-state index in [2.05, 4.69) is 21.7 Å². The lowest BCUT2D eigenvalue weighted by Gasteiger charge is -2.01. The summed E-state index contributed by atoms with van der Waals surface area (Å²) >= 11 is 0. The molecule has 0 saturated heterocycles. The molecule has 88 valence electrons. The number of nitrogens with one attached hydrogen (secondary N) is 1. The molecule has 0 amide bonds. The molecular weight excluding hydrogens is 212 g/mol. The molecule has 0 aliphatic carbocycles. The summed E-state index contributed by atoms with van der Waals surface area (Å²) in [4.78, 5) is 0. The molecule has 0 fully saturated rings. The lowest BCUT2D eigenvalue weighted by atomic mass is 10.3. The van der Waals surface area contributed by atoms with Crippen LogP contribution in [-0.2, 0) is 0 Å². The summed E-state index contributed by atoms with van der Waals surface area (Å²) in [5.74, 6) is 0. The fourth-order valence-electron chi connectivity index (χ4n) is 1.56. The molecule has 4 heteroatoms. The second-order valence-corrected chi connectivity index (χ2v) is 3.70. The molecule has 17 heavy (non-hydrogen) atoms. The number of benzene rings is 1. The van der Waals surface area contributed by atoms with Gasteiger partial charge in [0.15, 0.2) is 0 Å². The van der Waals surface area contributed by atoms with Gasteiger partial charge in [0.2, 0.25) is 0 Å². The first-order valence-corrected chi connectivity index (χ1v) is 5.69. The van der Waals surface area contributed by atoms with Crippen molar-refractivity contribution in [1.29, 1.82) is 0 Å². The van der Waals surface area contributed by atoms with Gasteiger partial charge in [-0.05, 0) is 38.2 Å². The van der Waals surface area contributed by atoms with Gasteiger partial charge in [-0.2, -0.15) is 0 Å². The van der Waals surface area contributed by atoms with E-state index in [4.69, 9.17) is 0 Å². The van der Waals surface area contributed by atoms with Crippen LogP contribution in [0.15, 0.2) is 42.6 Å². The molecule has 2 rings (SSSR count). The third kappa shape index (κ3) is 3.01. The summed E-state index contributed by atoms with van der Waals surface area (Å²) in [6, 6.07) is 10.00. The first kappa shape index (κ1) is 11.5. The van der Waals surface area contributed by atoms with Crippen LogP contribution in [0.4, 0.5) is 0 Å². The fourth-order valence-corrected chi connectivity index (χ4v) is 1.56. The average Bonchev–Trinajstić information content (AvgIpc) is 2.84. The Balaban J connectivity index is 2.15. The summed E-state index contributed by atoms with van der Waals surface area (Å²) in [7, 11) is 1.95. The van der Waals surface area contributed by atoms with Crippen molar-refractivity contribution in [3.63, 3.8) is 0 Å². The molecule has 1 heterocycles. The Hall–Kier alpha value is -1.94. The molecule has 0 bridgehead atoms. The van der Waals surface area contributed by atoms with E-state index in [0.717, 1.165) is 24.3 Å². The van der Waals surface area contributed by atoms with Crippen molar-refractivity contribution in [1.82, 2.24) is 20.3 Å². The first-order valence-electron chi connectivity index (χ1n) is 5.69. The standard InChI is InChI=1S/C13H16N4/c1-14-10-6-5-9-13-11-15-16-17(13)12-7-3-2-4-8-12/h2-5,7-9,11,14H,6,10H2,1H3/b9-5+. The van der Waals surface area contributed by atoms with Gasteiger partial charge in [0.05, 0.1) is 17.6 Å². The molecule has 0 radical (unpaired) electrons. The third-order valence-electron chi connectivity index (χ3n) is 2.43. The van der Waals surface area contributed by atoms with Gasteiger partial charge >= 0.3 is 0 Å². The minimum absolute atomic E-state index is 0.976. The average molecular weight is 228 g/mol. The van der Waals surface area contributed by atoms with Crippen molar-refractivity contribution in [2.75, 3.05) is 13.6 Å². The summed E-state index contributed by atoms with van der Waals surface area (Å²) in [5.41, 5.74) is 2.02. The second-order valence-electron chi connectivity index (χ2n) is 3.70. The van der Waals surface area contributed by atoms with E-state index < -0.39 is 0 Å². The Morgan fingerprint density at radius 3 is 2.88 bits per heavy atom. The van der Waals surface area contributed by atoms with Crippen molar-refractivity contribution in [2.45, 2.75) is 6.42 Å². The molecule has 4 nitrogen and oxygen atoms in total. The van der Waals surface area contributed by atoms with Gasteiger partial charge in [0.25, 0.3) is 0 Å². The molecule has 2 aromatic rings. The summed E-state index contributed by atoms with van der Waals surface area (Å²) in [6.45, 7) is 0.976. The van der Waals surface area contributed by atoms with Gasteiger partial charge in [0.1, 0.15) is 0 Å². The van der Waals surface area contributed by atoms with Crippen molar-refractivity contribution < 1.29 is 0 Å². The van der Waals surface area contributed by atoms with Gasteiger partial charge in [-0.1, -0.05) is 29.5 Å². The number of hydrogen-bond donors (Lipinski definition) is 1. The molecule has 0 spiro atoms. The Morgan fingerprint density at radius 2 is 2.12 bits per heavy atom. The second kappa shape index (κ2) is 5.96. The van der Waals surface area contributed by atoms with Gasteiger partial charge in [-0.15, -0.1) is 5.10 Å². The van der Waals surface area contributed by atoms with Crippen LogP contribution in [0.5, 0.6) is 0 Å². The zero-order valence-corrected chi connectivity index (χ0v) is 9.87. The van der Waals surface area contributed by atoms with Crippen LogP contribution in [0, 0.1) is 0 Å². The lowest BCUT2D eigenvalue weighted by Crippen LogP contribution is -2.05. The van der Waals surface area contributed by atoms with Gasteiger partial charge in [-0.25, -0.2) is 4.68 Å². The molecule has 1 aromatic heterocycles. The Bertz CT molecular complexity index is 473. The summed E-state index contributed by atoms with van der Waals surface area (Å²) < 4.78 is 1.83. The minimum Gasteiger partial charge on any atom is -0.319 e. The maximum absolute atomic E-state index is 4.09. The zero-order chi connectivity index (χ0) is 11.9. The number of para-hydroxylation sites is 1. The van der Waals surface area contributed by atoms with Crippen molar-refractivity contribution in [2.24, 2.45) is 0 Å². The topological polar surface area (TPSA) is 42.7 Å². The number of hydrogen-bond acceptors (Lipinski definition) is 3. The van der Waals surface area contributed by atoms with E-state index >= 15 is 0 Å². The molecule has 0 unspecified atom stereocenters. The van der Waals surface area contributed by atoms with E-state index in [1.165, 1.54) is 0 Å². The number of rotatable bonds is 5. The van der Waals surface area contributed by atoms with E-state index in [1.807, 2.05) is 48.1 Å². The minimum atomic E-state index is 0.976. The highest BCUT2D eigenvalue weighted by Gasteiger charge is 2.01. The Labute approximate surface area is 101 Å². The molecule has 0 atom stereocenters. The van der Waals surface area contributed by atoms with Crippen LogP contribution in [-0.4, -0.2) is 28.6 Å². The summed E-state index contributed by atoms with van der Waals surface area (Å²) in [6.07, 6.45) is 6.93. The SMILES string of the molecule is CNCC/C=C/c1cnnn1-c1ccccc1. The van der Waals surface area contributed by atoms with Crippen LogP contribution >= 0.6 is 0 Å². The molecule has 0 aliphatic heterocycles. The molecular formula is C13H16N4. The molecule has 0 aliphatic rings. The van der Waals surface area contributed by atoms with Crippen molar-refractivity contribution >= 4 is 6.08 Å². The smallest absolute Gasteiger partial charge is 0.0868 e. The lowest BCUT2D eigenvalue weighted by molar-refractivity contribution is 0.795. The van der Waals surface area contributed by atoms with E-state index in [0.29, 0.717) is 0 Å². The predicted octanol–water partition coefficient (Wildman–Crippen LogP) is 1.89. The largest absolute Gasteiger partial charge is 0.319 e. The summed E-state index contributed by atoms with van der Waals surface area (Å²) in [5, 5.41) is 11.1. The van der Waals surface area contributed by atoms with Crippen molar-refractivity contribution in [3.05, 3.63) is 48.3 Å². The highest BCUT2D eigenvalue weighted by Crippen LogP contribution is 2.09. The predicted molar refractivity (Wildman–Crippen MR) is 68.9 cm³/mol. The number of nitrogens with zero attached hydrogens (tertiary/aromatic N) is 3. The Morgan fingerprint density at radius 1 is 1.29 bits per heavy atom. The maximum Gasteiger partial charge on any atom is 0.0868 e. The molecule has 0 saturated carbocycles. The molecule has 1 aromatic carbocycles. The Kier molecular flexibility index (Phi) is 4.05. The van der Waals surface area contributed by atoms with Gasteiger partial charge in [-0.3, -0.25) is 0 Å². The van der Waals surface area contributed by atoms with E-state index in [-0.39, 0.29) is 0 Å². The monoisotopic (exact) mass is 228 g/mol. The van der Waals surface area contributed by atoms with E-state index in [9.17, 15) is 0 Å². The highest BCUT2D eigenvalue weighted by molar-refractivity contribution is 5.47. The van der Waals surface area contributed by atoms with Gasteiger partial charge in [0, 0.05) is 0 Å². The fraction of sp³-hybridized carbons (Fsp3) is 0.231. The van der Waals surface area contributed by atoms with Crippen LogP contribution in [0.1, 0.15) is 12.1 Å². The van der Waals surface area contributed by atoms with Crippen LogP contribution in [0.25, 0.3) is 11.8 Å². The first-order chi connectivity index (χ1) is 8.42. The van der Waals surface area contributed by atoms with Crippen LogP contribution in [0.2, 0.25) is 0 Å². The molecule has 1 N–H and O–H groups in total. The van der Waals surface area contributed by atoms with Crippen molar-refractivity contribution in [3.8, 4) is 5.69 Å². The highest BCUT2D eigenvalue weighted by atomic mass is 15.4. The zero-order valence-electron chi connectivity index (χ0n) is 9.87. The van der Waals surface area contributed by atoms with Crippen LogP contribution in [0.3, 0.4) is 0 Å². The van der Waals surface area contributed by atoms with Gasteiger partial charge < -0.3 is 5.32 Å². The normalized spacial score (nSPS) is 11.1. The number of aromatic nitrogens is 3. The third-order valence-corrected chi connectivity index (χ3v) is 2.43. The van der Waals surface area contributed by atoms with Crippen LogP contribution < -0.4 is 5.32 Å².